The predicted octanol–water partition coefficient (Wildman–Crippen LogP) is 2.53. The summed E-state index contributed by atoms with van der Waals surface area (Å²) < 4.78 is 5.05. The van der Waals surface area contributed by atoms with Crippen LogP contribution in [0, 0.1) is 5.92 Å². The standard InChI is InChI=1S/C12H16ClNO2/c1-9(8-13)12(15)14(2)10-4-6-11(16-3)7-5-10/h4-7,9H,8H2,1-3H3. The van der Waals surface area contributed by atoms with E-state index in [2.05, 4.69) is 0 Å². The Bertz CT molecular complexity index is 351. The average molecular weight is 242 g/mol. The molecule has 0 fully saturated rings. The van der Waals surface area contributed by atoms with Crippen molar-refractivity contribution >= 4 is 23.2 Å². The number of anilines is 1. The Hall–Kier alpha value is -1.22. The Labute approximate surface area is 101 Å². The minimum absolute atomic E-state index is 0.0140. The van der Waals surface area contributed by atoms with Gasteiger partial charge < -0.3 is 9.64 Å². The van der Waals surface area contributed by atoms with E-state index in [9.17, 15) is 4.79 Å². The minimum Gasteiger partial charge on any atom is -0.497 e. The van der Waals surface area contributed by atoms with Gasteiger partial charge in [-0.15, -0.1) is 11.6 Å². The molecule has 0 aromatic heterocycles. The Balaban J connectivity index is 2.79. The lowest BCUT2D eigenvalue weighted by atomic mass is 10.2. The lowest BCUT2D eigenvalue weighted by Crippen LogP contribution is -2.32. The Morgan fingerprint density at radius 2 is 2.00 bits per heavy atom. The van der Waals surface area contributed by atoms with Crippen molar-refractivity contribution in [3.63, 3.8) is 0 Å². The van der Waals surface area contributed by atoms with E-state index >= 15 is 0 Å². The highest BCUT2D eigenvalue weighted by Crippen LogP contribution is 2.19. The molecule has 1 unspecified atom stereocenters. The molecule has 1 atom stereocenters. The van der Waals surface area contributed by atoms with Crippen LogP contribution in [0.25, 0.3) is 0 Å². The summed E-state index contributed by atoms with van der Waals surface area (Å²) in [6.07, 6.45) is 0. The molecule has 0 radical (unpaired) electrons. The van der Waals surface area contributed by atoms with Gasteiger partial charge in [-0.05, 0) is 24.3 Å². The lowest BCUT2D eigenvalue weighted by Gasteiger charge is -2.20. The van der Waals surface area contributed by atoms with E-state index in [1.54, 1.807) is 19.1 Å². The fourth-order valence-corrected chi connectivity index (χ4v) is 1.46. The molecule has 1 rings (SSSR count). The summed E-state index contributed by atoms with van der Waals surface area (Å²) >= 11 is 5.66. The number of rotatable bonds is 4. The van der Waals surface area contributed by atoms with Gasteiger partial charge in [-0.25, -0.2) is 0 Å². The molecule has 88 valence electrons. The largest absolute Gasteiger partial charge is 0.497 e. The maximum absolute atomic E-state index is 11.8. The number of nitrogens with zero attached hydrogens (tertiary/aromatic N) is 1. The van der Waals surface area contributed by atoms with Gasteiger partial charge in [-0.2, -0.15) is 0 Å². The Morgan fingerprint density at radius 1 is 1.44 bits per heavy atom. The van der Waals surface area contributed by atoms with Crippen molar-refractivity contribution in [3.05, 3.63) is 24.3 Å². The number of hydrogen-bond acceptors (Lipinski definition) is 2. The number of halogens is 1. The molecule has 0 saturated carbocycles. The number of methoxy groups -OCH3 is 1. The second-order valence-electron chi connectivity index (χ2n) is 3.65. The van der Waals surface area contributed by atoms with E-state index in [0.29, 0.717) is 5.88 Å². The van der Waals surface area contributed by atoms with Crippen LogP contribution >= 0.6 is 11.6 Å². The zero-order valence-electron chi connectivity index (χ0n) is 9.74. The lowest BCUT2D eigenvalue weighted by molar-refractivity contribution is -0.121. The quantitative estimate of drug-likeness (QED) is 0.759. The van der Waals surface area contributed by atoms with Crippen LogP contribution in [0.2, 0.25) is 0 Å². The van der Waals surface area contributed by atoms with Crippen molar-refractivity contribution in [2.24, 2.45) is 5.92 Å². The first-order chi connectivity index (χ1) is 7.60. The van der Waals surface area contributed by atoms with Crippen molar-refractivity contribution < 1.29 is 9.53 Å². The fraction of sp³-hybridized carbons (Fsp3) is 0.417. The summed E-state index contributed by atoms with van der Waals surface area (Å²) in [5, 5.41) is 0. The summed E-state index contributed by atoms with van der Waals surface area (Å²) in [4.78, 5) is 13.4. The highest BCUT2D eigenvalue weighted by Gasteiger charge is 2.17. The summed E-state index contributed by atoms with van der Waals surface area (Å²) in [7, 11) is 3.35. The number of amides is 1. The third-order valence-electron chi connectivity index (χ3n) is 2.44. The number of carbonyl (C=O) groups is 1. The van der Waals surface area contributed by atoms with Crippen LogP contribution in [0.4, 0.5) is 5.69 Å². The molecule has 0 aliphatic heterocycles. The van der Waals surface area contributed by atoms with Gasteiger partial charge in [-0.3, -0.25) is 4.79 Å². The molecule has 16 heavy (non-hydrogen) atoms. The molecule has 1 aromatic rings. The highest BCUT2D eigenvalue weighted by molar-refractivity contribution is 6.19. The molecule has 0 aliphatic rings. The maximum Gasteiger partial charge on any atom is 0.230 e. The SMILES string of the molecule is COc1ccc(N(C)C(=O)C(C)CCl)cc1. The number of hydrogen-bond donors (Lipinski definition) is 0. The number of benzene rings is 1. The molecule has 0 saturated heterocycles. The van der Waals surface area contributed by atoms with E-state index in [-0.39, 0.29) is 11.8 Å². The third kappa shape index (κ3) is 2.89. The van der Waals surface area contributed by atoms with E-state index in [1.165, 1.54) is 0 Å². The van der Waals surface area contributed by atoms with Gasteiger partial charge in [0.25, 0.3) is 0 Å². The first-order valence-electron chi connectivity index (χ1n) is 5.07. The first kappa shape index (κ1) is 12.8. The van der Waals surface area contributed by atoms with Gasteiger partial charge in [0.15, 0.2) is 0 Å². The van der Waals surface area contributed by atoms with Gasteiger partial charge in [-0.1, -0.05) is 6.92 Å². The second kappa shape index (κ2) is 5.75. The van der Waals surface area contributed by atoms with Crippen LogP contribution < -0.4 is 9.64 Å². The molecular weight excluding hydrogens is 226 g/mol. The molecule has 3 nitrogen and oxygen atoms in total. The monoisotopic (exact) mass is 241 g/mol. The number of alkyl halides is 1. The van der Waals surface area contributed by atoms with Crippen LogP contribution in [0.15, 0.2) is 24.3 Å². The topological polar surface area (TPSA) is 29.5 Å². The van der Waals surface area contributed by atoms with Gasteiger partial charge in [0.2, 0.25) is 5.91 Å². The molecule has 0 heterocycles. The van der Waals surface area contributed by atoms with Gasteiger partial charge in [0.1, 0.15) is 5.75 Å². The predicted molar refractivity (Wildman–Crippen MR) is 66.3 cm³/mol. The normalized spacial score (nSPS) is 12.0. The number of ether oxygens (including phenoxy) is 1. The smallest absolute Gasteiger partial charge is 0.230 e. The molecule has 1 amide bonds. The zero-order chi connectivity index (χ0) is 12.1. The Kier molecular flexibility index (Phi) is 4.62. The van der Waals surface area contributed by atoms with Crippen LogP contribution in [-0.2, 0) is 4.79 Å². The molecule has 4 heteroatoms. The average Bonchev–Trinajstić information content (AvgIpc) is 2.36. The third-order valence-corrected chi connectivity index (χ3v) is 2.91. The van der Waals surface area contributed by atoms with Crippen LogP contribution in [0.3, 0.4) is 0 Å². The van der Waals surface area contributed by atoms with E-state index in [0.717, 1.165) is 11.4 Å². The van der Waals surface area contributed by atoms with Crippen molar-refractivity contribution in [2.75, 3.05) is 24.9 Å². The van der Waals surface area contributed by atoms with Crippen molar-refractivity contribution in [1.29, 1.82) is 0 Å². The van der Waals surface area contributed by atoms with Gasteiger partial charge >= 0.3 is 0 Å². The molecule has 0 aliphatic carbocycles. The van der Waals surface area contributed by atoms with Crippen LogP contribution in [0.5, 0.6) is 5.75 Å². The Morgan fingerprint density at radius 3 is 2.44 bits per heavy atom. The molecular formula is C12H16ClNO2. The summed E-state index contributed by atoms with van der Waals surface area (Å²) in [5.74, 6) is 0.947. The molecule has 0 N–H and O–H groups in total. The van der Waals surface area contributed by atoms with Gasteiger partial charge in [0, 0.05) is 24.5 Å². The van der Waals surface area contributed by atoms with Crippen LogP contribution in [0.1, 0.15) is 6.92 Å². The van der Waals surface area contributed by atoms with Gasteiger partial charge in [0.05, 0.1) is 7.11 Å². The molecule has 0 bridgehead atoms. The van der Waals surface area contributed by atoms with Crippen molar-refractivity contribution in [2.45, 2.75) is 6.92 Å². The molecule has 1 aromatic carbocycles. The van der Waals surface area contributed by atoms with E-state index < -0.39 is 0 Å². The highest BCUT2D eigenvalue weighted by atomic mass is 35.5. The zero-order valence-corrected chi connectivity index (χ0v) is 10.5. The fourth-order valence-electron chi connectivity index (χ4n) is 1.33. The van der Waals surface area contributed by atoms with E-state index in [1.807, 2.05) is 31.2 Å². The minimum atomic E-state index is -0.172. The van der Waals surface area contributed by atoms with Crippen LogP contribution in [-0.4, -0.2) is 25.9 Å². The summed E-state index contributed by atoms with van der Waals surface area (Å²) in [6, 6.07) is 7.34. The maximum atomic E-state index is 11.8. The summed E-state index contributed by atoms with van der Waals surface area (Å²) in [5.41, 5.74) is 0.836. The first-order valence-corrected chi connectivity index (χ1v) is 5.61. The van der Waals surface area contributed by atoms with Crippen molar-refractivity contribution in [1.82, 2.24) is 0 Å². The van der Waals surface area contributed by atoms with Crippen molar-refractivity contribution in [3.8, 4) is 5.75 Å². The van der Waals surface area contributed by atoms with E-state index in [4.69, 9.17) is 16.3 Å². The second-order valence-corrected chi connectivity index (χ2v) is 3.96. The molecule has 0 spiro atoms. The summed E-state index contributed by atoms with van der Waals surface area (Å²) in [6.45, 7) is 1.81. The number of carbonyl (C=O) groups excluding carboxylic acids is 1.